The highest BCUT2D eigenvalue weighted by Gasteiger charge is 2.32. The number of rotatable bonds is 4. The maximum Gasteiger partial charge on any atom is 0.257 e. The van der Waals surface area contributed by atoms with E-state index >= 15 is 0 Å². The first-order valence-corrected chi connectivity index (χ1v) is 9.80. The molecule has 2 fully saturated rings. The molecule has 1 aromatic carbocycles. The lowest BCUT2D eigenvalue weighted by atomic mass is 10.1. The number of nitrogens with one attached hydrogen (secondary N) is 1. The molecule has 0 aliphatic carbocycles. The number of hydrogen-bond donors (Lipinski definition) is 1. The molecule has 3 heterocycles. The predicted octanol–water partition coefficient (Wildman–Crippen LogP) is 2.43. The lowest BCUT2D eigenvalue weighted by Crippen LogP contribution is -2.52. The van der Waals surface area contributed by atoms with Crippen LogP contribution in [0, 0.1) is 5.82 Å². The van der Waals surface area contributed by atoms with Gasteiger partial charge in [-0.3, -0.25) is 9.59 Å². The van der Waals surface area contributed by atoms with Crippen LogP contribution in [0.2, 0.25) is 0 Å². The Kier molecular flexibility index (Phi) is 5.71. The predicted molar refractivity (Wildman–Crippen MR) is 105 cm³/mol. The lowest BCUT2D eigenvalue weighted by molar-refractivity contribution is -0.142. The summed E-state index contributed by atoms with van der Waals surface area (Å²) in [7, 11) is 0. The van der Waals surface area contributed by atoms with Crippen molar-refractivity contribution in [1.29, 1.82) is 0 Å². The van der Waals surface area contributed by atoms with Gasteiger partial charge in [-0.2, -0.15) is 0 Å². The summed E-state index contributed by atoms with van der Waals surface area (Å²) in [6.45, 7) is 2.45. The molecule has 29 heavy (non-hydrogen) atoms. The van der Waals surface area contributed by atoms with Gasteiger partial charge in [0.2, 0.25) is 0 Å². The van der Waals surface area contributed by atoms with Gasteiger partial charge in [0.1, 0.15) is 17.7 Å². The first-order chi connectivity index (χ1) is 14.1. The van der Waals surface area contributed by atoms with E-state index in [-0.39, 0.29) is 23.6 Å². The van der Waals surface area contributed by atoms with Crippen molar-refractivity contribution in [2.24, 2.45) is 0 Å². The van der Waals surface area contributed by atoms with E-state index in [0.29, 0.717) is 44.2 Å². The number of pyridine rings is 1. The van der Waals surface area contributed by atoms with Gasteiger partial charge < -0.3 is 19.9 Å². The minimum absolute atomic E-state index is 0.0119. The van der Waals surface area contributed by atoms with Crippen LogP contribution in [-0.4, -0.2) is 65.5 Å². The monoisotopic (exact) mass is 398 g/mol. The van der Waals surface area contributed by atoms with E-state index in [1.807, 2.05) is 0 Å². The van der Waals surface area contributed by atoms with Crippen LogP contribution in [0.5, 0.6) is 0 Å². The van der Waals surface area contributed by atoms with Crippen LogP contribution < -0.4 is 5.32 Å². The molecule has 1 unspecified atom stereocenters. The fraction of sp³-hybridized carbons (Fsp3) is 0.381. The largest absolute Gasteiger partial charge is 0.368 e. The lowest BCUT2D eigenvalue weighted by Gasteiger charge is -2.36. The number of ether oxygens (including phenoxy) is 1. The number of carbonyl (C=O) groups is 2. The summed E-state index contributed by atoms with van der Waals surface area (Å²) < 4.78 is 19.5. The second-order valence-corrected chi connectivity index (χ2v) is 7.12. The highest BCUT2D eigenvalue weighted by atomic mass is 19.1. The van der Waals surface area contributed by atoms with Crippen molar-refractivity contribution in [3.05, 3.63) is 54.0 Å². The second-order valence-electron chi connectivity index (χ2n) is 7.12. The van der Waals surface area contributed by atoms with Gasteiger partial charge in [0.15, 0.2) is 0 Å². The molecule has 2 aromatic rings. The fourth-order valence-electron chi connectivity index (χ4n) is 3.64. The van der Waals surface area contributed by atoms with Gasteiger partial charge >= 0.3 is 0 Å². The number of amides is 2. The zero-order valence-electron chi connectivity index (χ0n) is 16.0. The van der Waals surface area contributed by atoms with Crippen LogP contribution in [0.3, 0.4) is 0 Å². The van der Waals surface area contributed by atoms with Crippen LogP contribution in [0.25, 0.3) is 0 Å². The van der Waals surface area contributed by atoms with Crippen molar-refractivity contribution in [2.75, 3.05) is 38.1 Å². The molecule has 0 radical (unpaired) electrons. The summed E-state index contributed by atoms with van der Waals surface area (Å²) in [4.78, 5) is 33.2. The third-order valence-corrected chi connectivity index (χ3v) is 5.25. The molecule has 152 valence electrons. The van der Waals surface area contributed by atoms with Crippen molar-refractivity contribution in [3.8, 4) is 0 Å². The van der Waals surface area contributed by atoms with Gasteiger partial charge in [-0.05, 0) is 37.1 Å². The molecular weight excluding hydrogens is 375 g/mol. The molecule has 1 atom stereocenters. The highest BCUT2D eigenvalue weighted by Crippen LogP contribution is 2.23. The zero-order chi connectivity index (χ0) is 20.2. The number of halogens is 1. The van der Waals surface area contributed by atoms with Crippen LogP contribution in [0.15, 0.2) is 42.6 Å². The van der Waals surface area contributed by atoms with E-state index in [1.165, 1.54) is 6.07 Å². The molecule has 2 amide bonds. The molecule has 8 heteroatoms. The number of anilines is 2. The molecule has 4 rings (SSSR count). The Bertz CT molecular complexity index is 893. The third kappa shape index (κ3) is 4.22. The van der Waals surface area contributed by atoms with Gasteiger partial charge in [-0.15, -0.1) is 0 Å². The van der Waals surface area contributed by atoms with Gasteiger partial charge in [0.25, 0.3) is 11.8 Å². The Hall–Kier alpha value is -3.00. The second kappa shape index (κ2) is 8.57. The van der Waals surface area contributed by atoms with Crippen molar-refractivity contribution in [2.45, 2.75) is 18.9 Å². The summed E-state index contributed by atoms with van der Waals surface area (Å²) in [6, 6.07) is 9.59. The summed E-state index contributed by atoms with van der Waals surface area (Å²) in [6.07, 6.45) is 2.89. The Balaban J connectivity index is 1.43. The maximum absolute atomic E-state index is 14.0. The van der Waals surface area contributed by atoms with E-state index in [2.05, 4.69) is 10.3 Å². The number of nitrogens with zero attached hydrogens (tertiary/aromatic N) is 3. The Morgan fingerprint density at radius 1 is 1.07 bits per heavy atom. The van der Waals surface area contributed by atoms with E-state index < -0.39 is 5.82 Å². The molecular formula is C21H23FN4O3. The summed E-state index contributed by atoms with van der Waals surface area (Å²) in [5, 5.41) is 2.91. The van der Waals surface area contributed by atoms with Gasteiger partial charge in [0, 0.05) is 39.0 Å². The number of carbonyl (C=O) groups excluding carboxylic acids is 2. The average Bonchev–Trinajstić information content (AvgIpc) is 3.30. The van der Waals surface area contributed by atoms with Crippen molar-refractivity contribution in [3.63, 3.8) is 0 Å². The molecule has 1 aromatic heterocycles. The third-order valence-electron chi connectivity index (χ3n) is 5.25. The van der Waals surface area contributed by atoms with E-state index in [1.54, 1.807) is 46.3 Å². The fourth-order valence-corrected chi connectivity index (χ4v) is 3.64. The topological polar surface area (TPSA) is 74.8 Å². The quantitative estimate of drug-likeness (QED) is 0.856. The normalized spacial score (nSPS) is 19.3. The van der Waals surface area contributed by atoms with Crippen LogP contribution in [-0.2, 0) is 9.53 Å². The van der Waals surface area contributed by atoms with Crippen LogP contribution in [0.4, 0.5) is 15.9 Å². The van der Waals surface area contributed by atoms with Crippen LogP contribution in [0.1, 0.15) is 23.2 Å². The minimum Gasteiger partial charge on any atom is -0.368 e. The smallest absolute Gasteiger partial charge is 0.257 e. The summed E-state index contributed by atoms with van der Waals surface area (Å²) in [5.74, 6) is -0.294. The van der Waals surface area contributed by atoms with Crippen LogP contribution >= 0.6 is 0 Å². The molecule has 0 bridgehead atoms. The zero-order valence-corrected chi connectivity index (χ0v) is 16.0. The first kappa shape index (κ1) is 19.3. The number of piperazine rings is 1. The molecule has 0 spiro atoms. The molecule has 2 aliphatic heterocycles. The van der Waals surface area contributed by atoms with Crippen molar-refractivity contribution >= 4 is 23.3 Å². The standard InChI is InChI=1S/C21H23FN4O3/c22-16-6-1-2-7-17(16)24-19-15(5-3-9-23-19)20(27)25-10-12-26(13-11-25)21(28)18-8-4-14-29-18/h1-3,5-7,9,18H,4,8,10-14H2,(H,23,24). The molecule has 0 saturated carbocycles. The SMILES string of the molecule is O=C(c1cccnc1Nc1ccccc1F)N1CCN(C(=O)C2CCCO2)CC1. The average molecular weight is 398 g/mol. The molecule has 7 nitrogen and oxygen atoms in total. The Morgan fingerprint density at radius 2 is 1.83 bits per heavy atom. The highest BCUT2D eigenvalue weighted by molar-refractivity contribution is 5.99. The Labute approximate surface area is 168 Å². The Morgan fingerprint density at radius 3 is 2.55 bits per heavy atom. The van der Waals surface area contributed by atoms with Gasteiger partial charge in [-0.1, -0.05) is 12.1 Å². The minimum atomic E-state index is -0.419. The van der Waals surface area contributed by atoms with E-state index in [0.717, 1.165) is 12.8 Å². The van der Waals surface area contributed by atoms with Crippen molar-refractivity contribution in [1.82, 2.24) is 14.8 Å². The number of benzene rings is 1. The van der Waals surface area contributed by atoms with Gasteiger partial charge in [-0.25, -0.2) is 9.37 Å². The first-order valence-electron chi connectivity index (χ1n) is 9.80. The summed E-state index contributed by atoms with van der Waals surface area (Å²) in [5.41, 5.74) is 0.627. The number of para-hydroxylation sites is 1. The summed E-state index contributed by atoms with van der Waals surface area (Å²) >= 11 is 0. The van der Waals surface area contributed by atoms with Gasteiger partial charge in [0.05, 0.1) is 11.3 Å². The van der Waals surface area contributed by atoms with E-state index in [4.69, 9.17) is 4.74 Å². The molecule has 2 saturated heterocycles. The number of hydrogen-bond acceptors (Lipinski definition) is 5. The van der Waals surface area contributed by atoms with Crippen molar-refractivity contribution < 1.29 is 18.7 Å². The van der Waals surface area contributed by atoms with E-state index in [9.17, 15) is 14.0 Å². The maximum atomic E-state index is 14.0. The molecule has 2 aliphatic rings. The molecule has 1 N–H and O–H groups in total. The number of aromatic nitrogens is 1.